The lowest BCUT2D eigenvalue weighted by atomic mass is 10.1. The lowest BCUT2D eigenvalue weighted by Crippen LogP contribution is -2.32. The molecule has 0 aliphatic heterocycles. The first-order chi connectivity index (χ1) is 14.8. The van der Waals surface area contributed by atoms with Gasteiger partial charge in [0.25, 0.3) is 22.4 Å². The average Bonchev–Trinajstić information content (AvgIpc) is 3.25. The van der Waals surface area contributed by atoms with Gasteiger partial charge in [0.1, 0.15) is 22.9 Å². The summed E-state index contributed by atoms with van der Waals surface area (Å²) >= 11 is 0. The first-order valence-electron chi connectivity index (χ1n) is 8.80. The molecule has 0 unspecified atom stereocenters. The molecule has 1 N–H and O–H groups in total. The van der Waals surface area contributed by atoms with Crippen LogP contribution < -0.4 is 14.2 Å². The number of pyridine rings is 1. The number of amides is 1. The SMILES string of the molecule is COc1cccc(OC)c1S(=O)(=O)NC(=O)c1ccc(Cn2cccn2)c(C(F)F)n1. The van der Waals surface area contributed by atoms with Gasteiger partial charge in [-0.15, -0.1) is 0 Å². The van der Waals surface area contributed by atoms with Crippen LogP contribution in [0.25, 0.3) is 0 Å². The second-order valence-corrected chi connectivity index (χ2v) is 7.79. The summed E-state index contributed by atoms with van der Waals surface area (Å²) in [6.45, 7) is 0.0122. The molecule has 0 bridgehead atoms. The van der Waals surface area contributed by atoms with Crippen LogP contribution in [0.2, 0.25) is 0 Å². The Morgan fingerprint density at radius 1 is 1.13 bits per heavy atom. The number of alkyl halides is 2. The van der Waals surface area contributed by atoms with E-state index in [1.54, 1.807) is 12.3 Å². The zero-order valence-corrected chi connectivity index (χ0v) is 17.3. The van der Waals surface area contributed by atoms with Gasteiger partial charge in [-0.1, -0.05) is 12.1 Å². The van der Waals surface area contributed by atoms with E-state index in [4.69, 9.17) is 9.47 Å². The number of aromatic nitrogens is 3. The molecule has 164 valence electrons. The van der Waals surface area contributed by atoms with Crippen molar-refractivity contribution in [3.8, 4) is 11.5 Å². The summed E-state index contributed by atoms with van der Waals surface area (Å²) in [4.78, 5) is 15.8. The fraction of sp³-hybridized carbons (Fsp3) is 0.211. The van der Waals surface area contributed by atoms with E-state index in [1.807, 2.05) is 4.72 Å². The van der Waals surface area contributed by atoms with Crippen molar-refractivity contribution in [3.63, 3.8) is 0 Å². The quantitative estimate of drug-likeness (QED) is 0.558. The van der Waals surface area contributed by atoms with Crippen LogP contribution in [-0.2, 0) is 16.6 Å². The summed E-state index contributed by atoms with van der Waals surface area (Å²) in [6, 6.07) is 8.33. The minimum Gasteiger partial charge on any atom is -0.495 e. The Kier molecular flexibility index (Phi) is 6.49. The molecule has 31 heavy (non-hydrogen) atoms. The number of carbonyl (C=O) groups excluding carboxylic acids is 1. The van der Waals surface area contributed by atoms with Crippen LogP contribution in [0.1, 0.15) is 28.2 Å². The fourth-order valence-electron chi connectivity index (χ4n) is 2.83. The predicted molar refractivity (Wildman–Crippen MR) is 105 cm³/mol. The third-order valence-corrected chi connectivity index (χ3v) is 5.62. The molecular formula is C19H18F2N4O5S. The molecule has 0 aliphatic rings. The van der Waals surface area contributed by atoms with Crippen molar-refractivity contribution < 1.29 is 31.5 Å². The summed E-state index contributed by atoms with van der Waals surface area (Å²) in [6.07, 6.45) is 0.0985. The highest BCUT2D eigenvalue weighted by Gasteiger charge is 2.28. The lowest BCUT2D eigenvalue weighted by Gasteiger charge is -2.14. The van der Waals surface area contributed by atoms with E-state index >= 15 is 0 Å². The van der Waals surface area contributed by atoms with Gasteiger partial charge in [-0.25, -0.2) is 26.9 Å². The van der Waals surface area contributed by atoms with Crippen LogP contribution in [0.4, 0.5) is 8.78 Å². The van der Waals surface area contributed by atoms with Crippen molar-refractivity contribution in [1.29, 1.82) is 0 Å². The fourth-order valence-corrected chi connectivity index (χ4v) is 4.11. The molecule has 12 heteroatoms. The number of ether oxygens (including phenoxy) is 2. The Bertz CT molecular complexity index is 1160. The molecule has 0 spiro atoms. The number of carbonyl (C=O) groups is 1. The van der Waals surface area contributed by atoms with Gasteiger partial charge in [-0.05, 0) is 24.3 Å². The van der Waals surface area contributed by atoms with Gasteiger partial charge in [0, 0.05) is 18.0 Å². The number of hydrogen-bond donors (Lipinski definition) is 1. The van der Waals surface area contributed by atoms with Crippen molar-refractivity contribution in [2.45, 2.75) is 17.9 Å². The van der Waals surface area contributed by atoms with Gasteiger partial charge in [-0.3, -0.25) is 9.48 Å². The minimum absolute atomic E-state index is 0.0122. The largest absolute Gasteiger partial charge is 0.495 e. The number of benzene rings is 1. The van der Waals surface area contributed by atoms with E-state index in [1.165, 1.54) is 49.4 Å². The Hall–Kier alpha value is -3.54. The van der Waals surface area contributed by atoms with E-state index < -0.39 is 38.6 Å². The third-order valence-electron chi connectivity index (χ3n) is 4.22. The summed E-state index contributed by atoms with van der Waals surface area (Å²) in [5, 5.41) is 3.95. The van der Waals surface area contributed by atoms with E-state index in [2.05, 4.69) is 10.1 Å². The van der Waals surface area contributed by atoms with Crippen molar-refractivity contribution >= 4 is 15.9 Å². The first-order valence-corrected chi connectivity index (χ1v) is 10.3. The lowest BCUT2D eigenvalue weighted by molar-refractivity contribution is 0.0974. The molecule has 1 amide bonds. The smallest absolute Gasteiger partial charge is 0.283 e. The van der Waals surface area contributed by atoms with Crippen molar-refractivity contribution in [2.24, 2.45) is 0 Å². The van der Waals surface area contributed by atoms with Gasteiger partial charge >= 0.3 is 0 Å². The van der Waals surface area contributed by atoms with Gasteiger partial charge in [0.2, 0.25) is 0 Å². The van der Waals surface area contributed by atoms with Crippen molar-refractivity contribution in [1.82, 2.24) is 19.5 Å². The highest BCUT2D eigenvalue weighted by Crippen LogP contribution is 2.32. The number of sulfonamides is 1. The molecule has 3 aromatic rings. The molecule has 1 aromatic carbocycles. The highest BCUT2D eigenvalue weighted by atomic mass is 32.2. The summed E-state index contributed by atoms with van der Waals surface area (Å²) in [5.74, 6) is -1.30. The molecule has 2 heterocycles. The number of rotatable bonds is 8. The van der Waals surface area contributed by atoms with Crippen LogP contribution in [0, 0.1) is 0 Å². The molecule has 0 aliphatic carbocycles. The molecule has 0 atom stereocenters. The topological polar surface area (TPSA) is 112 Å². The Morgan fingerprint density at radius 3 is 2.35 bits per heavy atom. The number of hydrogen-bond acceptors (Lipinski definition) is 7. The van der Waals surface area contributed by atoms with Crippen molar-refractivity contribution in [3.05, 3.63) is 65.7 Å². The first kappa shape index (κ1) is 22.2. The third kappa shape index (κ3) is 4.79. The van der Waals surface area contributed by atoms with Gasteiger partial charge in [0.05, 0.1) is 20.8 Å². The molecule has 0 saturated heterocycles. The Morgan fingerprint density at radius 2 is 1.81 bits per heavy atom. The van der Waals surface area contributed by atoms with E-state index in [-0.39, 0.29) is 23.6 Å². The van der Waals surface area contributed by atoms with Crippen LogP contribution in [0.3, 0.4) is 0 Å². The van der Waals surface area contributed by atoms with E-state index in [0.29, 0.717) is 0 Å². The van der Waals surface area contributed by atoms with Crippen LogP contribution >= 0.6 is 0 Å². The van der Waals surface area contributed by atoms with E-state index in [9.17, 15) is 22.0 Å². The van der Waals surface area contributed by atoms with E-state index in [0.717, 1.165) is 6.07 Å². The standard InChI is InChI=1S/C19H18F2N4O5S/c1-29-14-5-3-6-15(30-2)17(14)31(27,28)24-19(26)13-8-7-12(16(23-13)18(20)21)11-25-10-4-9-22-25/h3-10,18H,11H2,1-2H3,(H,24,26). The minimum atomic E-state index is -4.47. The predicted octanol–water partition coefficient (Wildman–Crippen LogP) is 2.40. The zero-order valence-electron chi connectivity index (χ0n) is 16.5. The highest BCUT2D eigenvalue weighted by molar-refractivity contribution is 7.90. The second-order valence-electron chi connectivity index (χ2n) is 6.17. The summed E-state index contributed by atoms with van der Waals surface area (Å²) in [5.41, 5.74) is -0.989. The molecule has 2 aromatic heterocycles. The number of nitrogens with zero attached hydrogens (tertiary/aromatic N) is 3. The Labute approximate surface area is 176 Å². The van der Waals surface area contributed by atoms with Gasteiger partial charge in [0.15, 0.2) is 4.90 Å². The average molecular weight is 452 g/mol. The van der Waals surface area contributed by atoms with Crippen LogP contribution in [-0.4, -0.2) is 43.3 Å². The number of methoxy groups -OCH3 is 2. The van der Waals surface area contributed by atoms with Crippen molar-refractivity contribution in [2.75, 3.05) is 14.2 Å². The summed E-state index contributed by atoms with van der Waals surface area (Å²) < 4.78 is 66.0. The monoisotopic (exact) mass is 452 g/mol. The van der Waals surface area contributed by atoms with Gasteiger partial charge in [-0.2, -0.15) is 5.10 Å². The van der Waals surface area contributed by atoms with Crippen LogP contribution in [0.15, 0.2) is 53.7 Å². The maximum absolute atomic E-state index is 13.5. The number of halogens is 2. The number of nitrogens with one attached hydrogen (secondary N) is 1. The molecular weight excluding hydrogens is 434 g/mol. The normalized spacial score (nSPS) is 11.4. The maximum Gasteiger partial charge on any atom is 0.283 e. The Balaban J connectivity index is 1.92. The summed E-state index contributed by atoms with van der Waals surface area (Å²) in [7, 11) is -1.96. The zero-order chi connectivity index (χ0) is 22.6. The maximum atomic E-state index is 13.5. The second kappa shape index (κ2) is 9.08. The molecule has 3 rings (SSSR count). The molecule has 0 fully saturated rings. The van der Waals surface area contributed by atoms with Gasteiger partial charge < -0.3 is 9.47 Å². The van der Waals surface area contributed by atoms with Crippen LogP contribution in [0.5, 0.6) is 11.5 Å². The molecule has 9 nitrogen and oxygen atoms in total. The molecule has 0 radical (unpaired) electrons. The molecule has 0 saturated carbocycles.